The first-order valence-corrected chi connectivity index (χ1v) is 15.5. The molecular formula is C34H38N2O6S. The number of carbonyl (C=O) groups excluding carboxylic acids is 2. The van der Waals surface area contributed by atoms with Gasteiger partial charge < -0.3 is 23.2 Å². The van der Waals surface area contributed by atoms with Crippen LogP contribution < -0.4 is 4.74 Å². The molecule has 0 N–H and O–H groups in total. The van der Waals surface area contributed by atoms with Gasteiger partial charge >= 0.3 is 11.9 Å². The van der Waals surface area contributed by atoms with Crippen molar-refractivity contribution in [3.8, 4) is 16.5 Å². The van der Waals surface area contributed by atoms with Crippen LogP contribution >= 0.6 is 11.3 Å². The first-order valence-electron chi connectivity index (χ1n) is 14.6. The molecule has 0 aliphatic carbocycles. The number of thiazole rings is 1. The van der Waals surface area contributed by atoms with E-state index in [9.17, 15) is 9.59 Å². The van der Waals surface area contributed by atoms with Gasteiger partial charge in [-0.15, -0.1) is 11.3 Å². The Morgan fingerprint density at radius 1 is 1.05 bits per heavy atom. The molecule has 0 saturated heterocycles. The van der Waals surface area contributed by atoms with E-state index in [4.69, 9.17) is 23.6 Å². The summed E-state index contributed by atoms with van der Waals surface area (Å²) in [6.07, 6.45) is 4.01. The second kappa shape index (κ2) is 13.0. The van der Waals surface area contributed by atoms with E-state index in [1.165, 1.54) is 7.11 Å². The number of benzene rings is 2. The van der Waals surface area contributed by atoms with Crippen molar-refractivity contribution < 1.29 is 28.2 Å². The maximum atomic E-state index is 12.2. The highest BCUT2D eigenvalue weighted by Gasteiger charge is 2.20. The molecule has 5 aromatic rings. The number of aromatic nitrogens is 2. The fraction of sp³-hybridized carbons (Fsp3) is 0.382. The highest BCUT2D eigenvalue weighted by Crippen LogP contribution is 2.34. The Kier molecular flexibility index (Phi) is 9.20. The topological polar surface area (TPSA) is 92.8 Å². The summed E-state index contributed by atoms with van der Waals surface area (Å²) in [7, 11) is 1.40. The number of unbranched alkanes of at least 4 members (excludes halogenated alkanes) is 1. The van der Waals surface area contributed by atoms with Gasteiger partial charge in [-0.3, -0.25) is 9.59 Å². The molecule has 9 heteroatoms. The average Bonchev–Trinajstić information content (AvgIpc) is 3.70. The number of ether oxygens (including phenoxy) is 3. The number of esters is 2. The quantitative estimate of drug-likeness (QED) is 0.107. The van der Waals surface area contributed by atoms with E-state index in [0.29, 0.717) is 32.6 Å². The Bertz CT molecular complexity index is 1740. The molecule has 3 heterocycles. The number of nitrogens with zero attached hydrogens (tertiary/aromatic N) is 2. The van der Waals surface area contributed by atoms with Crippen molar-refractivity contribution in [2.75, 3.05) is 20.3 Å². The minimum absolute atomic E-state index is 0.0154. The van der Waals surface area contributed by atoms with Crippen LogP contribution in [0.1, 0.15) is 63.8 Å². The molecule has 0 fully saturated rings. The molecule has 0 atom stereocenters. The van der Waals surface area contributed by atoms with E-state index in [1.807, 2.05) is 30.5 Å². The largest absolute Gasteiger partial charge is 0.494 e. The summed E-state index contributed by atoms with van der Waals surface area (Å²) in [5.41, 5.74) is 4.84. The number of carbonyl (C=O) groups is 2. The van der Waals surface area contributed by atoms with E-state index in [2.05, 4.69) is 48.9 Å². The monoisotopic (exact) mass is 602 g/mol. The van der Waals surface area contributed by atoms with Gasteiger partial charge in [0.25, 0.3) is 0 Å². The fourth-order valence-corrected chi connectivity index (χ4v) is 5.96. The zero-order valence-electron chi connectivity index (χ0n) is 25.4. The van der Waals surface area contributed by atoms with Crippen LogP contribution in [0.2, 0.25) is 0 Å². The third-order valence-electron chi connectivity index (χ3n) is 7.26. The Labute approximate surface area is 255 Å². The van der Waals surface area contributed by atoms with Gasteiger partial charge in [0.05, 0.1) is 32.4 Å². The minimum Gasteiger partial charge on any atom is -0.494 e. The smallest absolute Gasteiger partial charge is 0.310 e. The number of rotatable bonds is 12. The molecule has 0 aliphatic heterocycles. The maximum absolute atomic E-state index is 12.2. The molecule has 0 aliphatic rings. The van der Waals surface area contributed by atoms with Crippen molar-refractivity contribution in [3.63, 3.8) is 0 Å². The van der Waals surface area contributed by atoms with Gasteiger partial charge in [0.1, 0.15) is 11.3 Å². The van der Waals surface area contributed by atoms with Gasteiger partial charge in [-0.2, -0.15) is 0 Å². The molecular weight excluding hydrogens is 564 g/mol. The Hall–Kier alpha value is -4.11. The predicted octanol–water partition coefficient (Wildman–Crippen LogP) is 7.68. The van der Waals surface area contributed by atoms with Gasteiger partial charge in [0.15, 0.2) is 10.8 Å². The summed E-state index contributed by atoms with van der Waals surface area (Å²) in [5.74, 6) is 1.01. The highest BCUT2D eigenvalue weighted by atomic mass is 32.1. The average molecular weight is 603 g/mol. The molecule has 226 valence electrons. The molecule has 0 bridgehead atoms. The van der Waals surface area contributed by atoms with E-state index in [0.717, 1.165) is 61.6 Å². The SMILES string of the molecule is CCOC(=O)CCCCOc1ccc2c(c1)c(CC(=O)OC)cn2Cc1ccc2oc(-c3nc(C(C)(C)C)cs3)cc2c1. The number of furan rings is 1. The Balaban J connectivity index is 1.34. The van der Waals surface area contributed by atoms with Crippen molar-refractivity contribution in [2.45, 2.75) is 65.3 Å². The van der Waals surface area contributed by atoms with Gasteiger partial charge in [-0.05, 0) is 67.3 Å². The highest BCUT2D eigenvalue weighted by molar-refractivity contribution is 7.13. The van der Waals surface area contributed by atoms with Crippen molar-refractivity contribution in [2.24, 2.45) is 0 Å². The Morgan fingerprint density at radius 2 is 1.88 bits per heavy atom. The minimum atomic E-state index is -0.298. The number of hydrogen-bond donors (Lipinski definition) is 0. The number of hydrogen-bond acceptors (Lipinski definition) is 8. The van der Waals surface area contributed by atoms with Crippen molar-refractivity contribution in [1.82, 2.24) is 9.55 Å². The summed E-state index contributed by atoms with van der Waals surface area (Å²) in [6, 6.07) is 14.2. The van der Waals surface area contributed by atoms with Crippen LogP contribution in [0.25, 0.3) is 32.6 Å². The molecule has 0 spiro atoms. The van der Waals surface area contributed by atoms with Crippen molar-refractivity contribution in [1.29, 1.82) is 0 Å². The molecule has 5 rings (SSSR count). The molecule has 8 nitrogen and oxygen atoms in total. The first kappa shape index (κ1) is 30.4. The number of methoxy groups -OCH3 is 1. The molecule has 0 amide bonds. The van der Waals surface area contributed by atoms with Crippen LogP contribution in [0.3, 0.4) is 0 Å². The van der Waals surface area contributed by atoms with Crippen LogP contribution in [-0.4, -0.2) is 41.8 Å². The lowest BCUT2D eigenvalue weighted by Gasteiger charge is -2.13. The zero-order chi connectivity index (χ0) is 30.6. The lowest BCUT2D eigenvalue weighted by Crippen LogP contribution is -2.11. The van der Waals surface area contributed by atoms with Crippen molar-refractivity contribution >= 4 is 45.1 Å². The van der Waals surface area contributed by atoms with Crippen LogP contribution in [0, 0.1) is 0 Å². The van der Waals surface area contributed by atoms with E-state index >= 15 is 0 Å². The van der Waals surface area contributed by atoms with Gasteiger partial charge in [-0.1, -0.05) is 26.8 Å². The summed E-state index contributed by atoms with van der Waals surface area (Å²) < 4.78 is 24.2. The van der Waals surface area contributed by atoms with E-state index < -0.39 is 0 Å². The van der Waals surface area contributed by atoms with Crippen LogP contribution in [0.15, 0.2) is 58.5 Å². The Morgan fingerprint density at radius 3 is 2.63 bits per heavy atom. The molecule has 43 heavy (non-hydrogen) atoms. The molecule has 2 aromatic carbocycles. The lowest BCUT2D eigenvalue weighted by molar-refractivity contribution is -0.143. The van der Waals surface area contributed by atoms with Crippen LogP contribution in [0.5, 0.6) is 5.75 Å². The summed E-state index contributed by atoms with van der Waals surface area (Å²) in [5, 5.41) is 4.94. The summed E-state index contributed by atoms with van der Waals surface area (Å²) >= 11 is 1.60. The normalized spacial score (nSPS) is 11.7. The maximum Gasteiger partial charge on any atom is 0.310 e. The van der Waals surface area contributed by atoms with Crippen molar-refractivity contribution in [3.05, 3.63) is 70.9 Å². The van der Waals surface area contributed by atoms with Crippen LogP contribution in [0.4, 0.5) is 0 Å². The first-order chi connectivity index (χ1) is 20.6. The zero-order valence-corrected chi connectivity index (χ0v) is 26.2. The molecule has 3 aromatic heterocycles. The third-order valence-corrected chi connectivity index (χ3v) is 8.12. The van der Waals surface area contributed by atoms with Gasteiger partial charge in [-0.25, -0.2) is 4.98 Å². The summed E-state index contributed by atoms with van der Waals surface area (Å²) in [6.45, 7) is 9.78. The second-order valence-electron chi connectivity index (χ2n) is 11.6. The second-order valence-corrected chi connectivity index (χ2v) is 12.5. The van der Waals surface area contributed by atoms with E-state index in [-0.39, 0.29) is 23.8 Å². The molecule has 0 unspecified atom stereocenters. The van der Waals surface area contributed by atoms with E-state index in [1.54, 1.807) is 18.3 Å². The fourth-order valence-electron chi connectivity index (χ4n) is 4.96. The molecule has 0 radical (unpaired) electrons. The standard InChI is InChI=1S/C34H38N2O6S/c1-6-40-31(37)9-7-8-14-41-25-11-12-27-26(18-25)24(17-32(38)39-5)20-36(27)19-22-10-13-28-23(15-22)16-29(42-28)33-35-30(21-43-33)34(2,3)4/h10-13,15-16,18,20-21H,6-9,14,17,19H2,1-5H3. The molecule has 0 saturated carbocycles. The lowest BCUT2D eigenvalue weighted by atomic mass is 9.93. The number of fused-ring (bicyclic) bond motifs is 2. The third kappa shape index (κ3) is 7.28. The predicted molar refractivity (Wildman–Crippen MR) is 169 cm³/mol. The van der Waals surface area contributed by atoms with Gasteiger partial charge in [0, 0.05) is 46.2 Å². The van der Waals surface area contributed by atoms with Gasteiger partial charge in [0.2, 0.25) is 0 Å². The van der Waals surface area contributed by atoms with Crippen LogP contribution in [-0.2, 0) is 37.4 Å². The summed E-state index contributed by atoms with van der Waals surface area (Å²) in [4.78, 5) is 28.6.